The molecule has 0 radical (unpaired) electrons. The van der Waals surface area contributed by atoms with Crippen molar-refractivity contribution in [3.63, 3.8) is 0 Å². The summed E-state index contributed by atoms with van der Waals surface area (Å²) >= 11 is 0. The second kappa shape index (κ2) is 10.6. The van der Waals surface area contributed by atoms with Gasteiger partial charge < -0.3 is 20.6 Å². The van der Waals surface area contributed by atoms with Crippen LogP contribution in [-0.4, -0.2) is 38.8 Å². The number of amides is 2. The molecule has 3 aromatic heterocycles. The zero-order chi connectivity index (χ0) is 27.6. The van der Waals surface area contributed by atoms with Crippen LogP contribution in [0.2, 0.25) is 0 Å². The lowest BCUT2D eigenvalue weighted by atomic mass is 9.71. The summed E-state index contributed by atoms with van der Waals surface area (Å²) in [4.78, 5) is 38.9. The second-order valence-electron chi connectivity index (χ2n) is 11.3. The molecule has 4 N–H and O–H groups in total. The van der Waals surface area contributed by atoms with Crippen LogP contribution in [0, 0.1) is 0 Å². The summed E-state index contributed by atoms with van der Waals surface area (Å²) in [5, 5.41) is 8.35. The highest BCUT2D eigenvalue weighted by atomic mass is 16.2. The lowest BCUT2D eigenvalue weighted by Gasteiger charge is -2.38. The largest absolute Gasteiger partial charge is 0.361 e. The summed E-state index contributed by atoms with van der Waals surface area (Å²) in [6.45, 7) is 2.30. The van der Waals surface area contributed by atoms with Gasteiger partial charge in [0.1, 0.15) is 11.2 Å². The Morgan fingerprint density at radius 1 is 0.950 bits per heavy atom. The number of H-pyrrole nitrogens is 2. The molecule has 5 aromatic rings. The van der Waals surface area contributed by atoms with Crippen LogP contribution in [0.3, 0.4) is 0 Å². The molecule has 2 aromatic carbocycles. The predicted octanol–water partition coefficient (Wildman–Crippen LogP) is 5.79. The minimum atomic E-state index is -1.20. The van der Waals surface area contributed by atoms with Crippen LogP contribution in [0.5, 0.6) is 0 Å². The van der Waals surface area contributed by atoms with E-state index in [0.717, 1.165) is 58.7 Å². The molecule has 3 heterocycles. The Balaban J connectivity index is 1.30. The Hall–Kier alpha value is -4.39. The highest BCUT2D eigenvalue weighted by molar-refractivity contribution is 6.01. The Labute approximate surface area is 233 Å². The number of benzene rings is 2. The summed E-state index contributed by atoms with van der Waals surface area (Å²) in [5.74, 6) is -0.520. The molecular formula is C33H35N5O2. The van der Waals surface area contributed by atoms with Crippen LogP contribution in [0.15, 0.2) is 85.2 Å². The fourth-order valence-electron chi connectivity index (χ4n) is 6.23. The topological polar surface area (TPSA) is 103 Å². The van der Waals surface area contributed by atoms with E-state index >= 15 is 0 Å². The molecule has 7 heteroatoms. The molecule has 1 aliphatic rings. The normalized spacial score (nSPS) is 16.4. The molecule has 0 spiro atoms. The van der Waals surface area contributed by atoms with Crippen molar-refractivity contribution in [3.8, 4) is 0 Å². The number of nitrogens with zero attached hydrogens (tertiary/aromatic N) is 1. The molecule has 0 bridgehead atoms. The Morgan fingerprint density at radius 2 is 1.70 bits per heavy atom. The van der Waals surface area contributed by atoms with E-state index in [2.05, 4.69) is 31.7 Å². The molecule has 0 aliphatic heterocycles. The van der Waals surface area contributed by atoms with Crippen LogP contribution in [0.4, 0.5) is 0 Å². The molecule has 204 valence electrons. The van der Waals surface area contributed by atoms with Crippen molar-refractivity contribution in [2.75, 3.05) is 6.54 Å². The number of rotatable bonds is 8. The highest BCUT2D eigenvalue weighted by Crippen LogP contribution is 2.38. The maximum absolute atomic E-state index is 14.1. The highest BCUT2D eigenvalue weighted by Gasteiger charge is 2.40. The first-order chi connectivity index (χ1) is 19.5. The zero-order valence-corrected chi connectivity index (χ0v) is 22.8. The van der Waals surface area contributed by atoms with Crippen LogP contribution in [-0.2, 0) is 16.6 Å². The Bertz CT molecular complexity index is 1610. The number of para-hydroxylation sites is 2. The van der Waals surface area contributed by atoms with Gasteiger partial charge in [-0.3, -0.25) is 14.6 Å². The average molecular weight is 534 g/mol. The number of hydrogen-bond donors (Lipinski definition) is 4. The van der Waals surface area contributed by atoms with Crippen LogP contribution in [0.25, 0.3) is 21.8 Å². The number of carbonyl (C=O) groups excluding carboxylic acids is 2. The van der Waals surface area contributed by atoms with E-state index in [0.29, 0.717) is 18.7 Å². The number of nitrogens with one attached hydrogen (secondary N) is 4. The standard InChI is InChI=1S/C33H35N5O2/c1-32(20-24-21-35-27-14-6-4-12-25(24)27,38-30(39)28-19-23-11-3-5-13-26(23)37-28)31(40)36-22-33(16-8-2-9-17-33)29-15-7-10-18-34-29/h3-7,10-15,18-19,21,35,37H,2,8-9,16-17,20,22H2,1H3,(H,36,40)(H,38,39). The van der Waals surface area contributed by atoms with E-state index < -0.39 is 5.54 Å². The van der Waals surface area contributed by atoms with Crippen molar-refractivity contribution in [1.29, 1.82) is 0 Å². The maximum Gasteiger partial charge on any atom is 0.268 e. The van der Waals surface area contributed by atoms with Gasteiger partial charge in [-0.05, 0) is 55.7 Å². The van der Waals surface area contributed by atoms with E-state index in [1.165, 1.54) is 6.42 Å². The number of hydrogen-bond acceptors (Lipinski definition) is 3. The molecular weight excluding hydrogens is 498 g/mol. The molecule has 2 amide bonds. The third-order valence-corrected chi connectivity index (χ3v) is 8.49. The van der Waals surface area contributed by atoms with Crippen LogP contribution in [0.1, 0.15) is 60.8 Å². The second-order valence-corrected chi connectivity index (χ2v) is 11.3. The molecule has 6 rings (SSSR count). The van der Waals surface area contributed by atoms with Crippen LogP contribution >= 0.6 is 0 Å². The number of fused-ring (bicyclic) bond motifs is 2. The zero-order valence-electron chi connectivity index (χ0n) is 22.8. The first-order valence-corrected chi connectivity index (χ1v) is 14.1. The lowest BCUT2D eigenvalue weighted by molar-refractivity contribution is -0.127. The molecule has 1 fully saturated rings. The Kier molecular flexibility index (Phi) is 6.88. The van der Waals surface area contributed by atoms with Gasteiger partial charge in [-0.2, -0.15) is 0 Å². The van der Waals surface area contributed by atoms with Gasteiger partial charge in [-0.15, -0.1) is 0 Å². The number of pyridine rings is 1. The quantitative estimate of drug-likeness (QED) is 0.203. The summed E-state index contributed by atoms with van der Waals surface area (Å²) in [7, 11) is 0. The Morgan fingerprint density at radius 3 is 2.48 bits per heavy atom. The minimum Gasteiger partial charge on any atom is -0.361 e. The van der Waals surface area contributed by atoms with E-state index in [1.807, 2.05) is 86.0 Å². The van der Waals surface area contributed by atoms with E-state index in [1.54, 1.807) is 0 Å². The number of carbonyl (C=O) groups is 2. The summed E-state index contributed by atoms with van der Waals surface area (Å²) < 4.78 is 0. The minimum absolute atomic E-state index is 0.205. The molecule has 7 nitrogen and oxygen atoms in total. The van der Waals surface area contributed by atoms with Gasteiger partial charge in [-0.1, -0.05) is 61.7 Å². The fourth-order valence-corrected chi connectivity index (χ4v) is 6.23. The predicted molar refractivity (Wildman–Crippen MR) is 158 cm³/mol. The monoisotopic (exact) mass is 533 g/mol. The first kappa shape index (κ1) is 25.9. The molecule has 1 saturated carbocycles. The third kappa shape index (κ3) is 4.99. The average Bonchev–Trinajstić information content (AvgIpc) is 3.61. The van der Waals surface area contributed by atoms with Gasteiger partial charge in [-0.25, -0.2) is 0 Å². The van der Waals surface area contributed by atoms with Gasteiger partial charge in [0, 0.05) is 58.3 Å². The van der Waals surface area contributed by atoms with Gasteiger partial charge in [0.25, 0.3) is 5.91 Å². The summed E-state index contributed by atoms with van der Waals surface area (Å²) in [6, 6.07) is 23.6. The maximum atomic E-state index is 14.1. The molecule has 1 atom stereocenters. The van der Waals surface area contributed by atoms with Gasteiger partial charge >= 0.3 is 0 Å². The van der Waals surface area contributed by atoms with E-state index in [4.69, 9.17) is 0 Å². The summed E-state index contributed by atoms with van der Waals surface area (Å²) in [5.41, 5.74) is 2.90. The SMILES string of the molecule is CC(Cc1c[nH]c2ccccc12)(NC(=O)c1cc2ccccc2[nH]1)C(=O)NCC1(c2ccccn2)CCCCC1. The van der Waals surface area contributed by atoms with Gasteiger partial charge in [0.15, 0.2) is 0 Å². The fraction of sp³-hybridized carbons (Fsp3) is 0.303. The summed E-state index contributed by atoms with van der Waals surface area (Å²) in [6.07, 6.45) is 9.46. The van der Waals surface area contributed by atoms with Crippen LogP contribution < -0.4 is 10.6 Å². The number of aromatic nitrogens is 3. The van der Waals surface area contributed by atoms with Crippen molar-refractivity contribution in [1.82, 2.24) is 25.6 Å². The molecule has 0 saturated heterocycles. The van der Waals surface area contributed by atoms with Crippen molar-refractivity contribution < 1.29 is 9.59 Å². The first-order valence-electron chi connectivity index (χ1n) is 14.1. The van der Waals surface area contributed by atoms with E-state index in [-0.39, 0.29) is 17.2 Å². The molecule has 1 aliphatic carbocycles. The smallest absolute Gasteiger partial charge is 0.268 e. The van der Waals surface area contributed by atoms with Crippen molar-refractivity contribution in [2.24, 2.45) is 0 Å². The number of aromatic amines is 2. The lowest BCUT2D eigenvalue weighted by Crippen LogP contribution is -2.59. The third-order valence-electron chi connectivity index (χ3n) is 8.49. The molecule has 1 unspecified atom stereocenters. The van der Waals surface area contributed by atoms with E-state index in [9.17, 15) is 9.59 Å². The molecule has 40 heavy (non-hydrogen) atoms. The van der Waals surface area contributed by atoms with Gasteiger partial charge in [0.2, 0.25) is 5.91 Å². The van der Waals surface area contributed by atoms with Crippen molar-refractivity contribution >= 4 is 33.6 Å². The van der Waals surface area contributed by atoms with Gasteiger partial charge in [0.05, 0.1) is 0 Å². The van der Waals surface area contributed by atoms with Crippen molar-refractivity contribution in [3.05, 3.63) is 102 Å². The van der Waals surface area contributed by atoms with Crippen molar-refractivity contribution in [2.45, 2.75) is 56.4 Å².